The number of hydrogen-bond donors (Lipinski definition) is 0. The predicted octanol–water partition coefficient (Wildman–Crippen LogP) is 4.39. The van der Waals surface area contributed by atoms with E-state index in [0.29, 0.717) is 0 Å². The van der Waals surface area contributed by atoms with Gasteiger partial charge in [0, 0.05) is 4.90 Å². The lowest BCUT2D eigenvalue weighted by Gasteiger charge is -2.06. The minimum atomic E-state index is 0.972. The first-order chi connectivity index (χ1) is 6.27. The van der Waals surface area contributed by atoms with E-state index in [1.54, 1.807) is 0 Å². The molecule has 0 heterocycles. The van der Waals surface area contributed by atoms with E-state index >= 15 is 0 Å². The van der Waals surface area contributed by atoms with Crippen molar-refractivity contribution in [3.8, 4) is 0 Å². The van der Waals surface area contributed by atoms with Gasteiger partial charge in [-0.05, 0) is 36.6 Å². The summed E-state index contributed by atoms with van der Waals surface area (Å²) in [5.74, 6) is 0. The summed E-state index contributed by atoms with van der Waals surface area (Å²) in [5.41, 5.74) is 2.91. The summed E-state index contributed by atoms with van der Waals surface area (Å²) >= 11 is 5.26. The van der Waals surface area contributed by atoms with Crippen molar-refractivity contribution in [2.45, 2.75) is 31.6 Å². The van der Waals surface area contributed by atoms with E-state index < -0.39 is 0 Å². The fourth-order valence-electron chi connectivity index (χ4n) is 1.37. The molecule has 1 aromatic carbocycles. The van der Waals surface area contributed by atoms with Crippen molar-refractivity contribution in [2.75, 3.05) is 4.66 Å². The van der Waals surface area contributed by atoms with Gasteiger partial charge in [0.05, 0.1) is 4.66 Å². The average molecular weight is 259 g/mol. The van der Waals surface area contributed by atoms with Crippen LogP contribution < -0.4 is 0 Å². The van der Waals surface area contributed by atoms with Crippen LogP contribution in [-0.4, -0.2) is 4.66 Å². The summed E-state index contributed by atoms with van der Waals surface area (Å²) in [6.45, 7) is 4.42. The zero-order valence-corrected chi connectivity index (χ0v) is 10.5. The molecular formula is C11H15BrS. The van der Waals surface area contributed by atoms with Crippen LogP contribution in [0.25, 0.3) is 0 Å². The Kier molecular flexibility index (Phi) is 4.89. The summed E-state index contributed by atoms with van der Waals surface area (Å²) in [4.78, 5) is 1.36. The maximum Gasteiger partial charge on any atom is 0.0537 e. The summed E-state index contributed by atoms with van der Waals surface area (Å²) in [6.07, 6.45) is 2.43. The van der Waals surface area contributed by atoms with Gasteiger partial charge in [-0.15, -0.1) is 11.8 Å². The topological polar surface area (TPSA) is 0 Å². The SMILES string of the molecule is CCCc1ccc(SCBr)cc1C. The molecule has 0 fully saturated rings. The van der Waals surface area contributed by atoms with Crippen molar-refractivity contribution in [3.63, 3.8) is 0 Å². The van der Waals surface area contributed by atoms with Gasteiger partial charge in [0.15, 0.2) is 0 Å². The molecule has 0 amide bonds. The van der Waals surface area contributed by atoms with Crippen LogP contribution in [0.3, 0.4) is 0 Å². The molecule has 0 N–H and O–H groups in total. The summed E-state index contributed by atoms with van der Waals surface area (Å²) < 4.78 is 0.972. The predicted molar refractivity (Wildman–Crippen MR) is 64.8 cm³/mol. The van der Waals surface area contributed by atoms with Gasteiger partial charge >= 0.3 is 0 Å². The van der Waals surface area contributed by atoms with Crippen molar-refractivity contribution >= 4 is 27.7 Å². The average Bonchev–Trinajstić information content (AvgIpc) is 2.10. The van der Waals surface area contributed by atoms with Gasteiger partial charge < -0.3 is 0 Å². The second-order valence-corrected chi connectivity index (χ2v) is 5.44. The van der Waals surface area contributed by atoms with Gasteiger partial charge in [0.2, 0.25) is 0 Å². The number of alkyl halides is 1. The van der Waals surface area contributed by atoms with Crippen LogP contribution in [-0.2, 0) is 6.42 Å². The maximum atomic E-state index is 3.42. The number of thioether (sulfide) groups is 1. The Balaban J connectivity index is 2.79. The second kappa shape index (κ2) is 5.71. The standard InChI is InChI=1S/C11H15BrS/c1-3-4-10-5-6-11(13-8-12)7-9(10)2/h5-7H,3-4,8H2,1-2H3. The van der Waals surface area contributed by atoms with E-state index in [9.17, 15) is 0 Å². The van der Waals surface area contributed by atoms with Crippen molar-refractivity contribution < 1.29 is 0 Å². The van der Waals surface area contributed by atoms with Gasteiger partial charge in [-0.2, -0.15) is 0 Å². The smallest absolute Gasteiger partial charge is 0.0537 e. The maximum absolute atomic E-state index is 3.42. The number of halogens is 1. The summed E-state index contributed by atoms with van der Waals surface area (Å²) in [7, 11) is 0. The highest BCUT2D eigenvalue weighted by molar-refractivity contribution is 9.11. The van der Waals surface area contributed by atoms with Crippen molar-refractivity contribution in [2.24, 2.45) is 0 Å². The van der Waals surface area contributed by atoms with E-state index in [1.165, 1.54) is 28.9 Å². The van der Waals surface area contributed by atoms with Crippen LogP contribution in [0.1, 0.15) is 24.5 Å². The molecule has 0 aliphatic heterocycles. The lowest BCUT2D eigenvalue weighted by molar-refractivity contribution is 0.910. The van der Waals surface area contributed by atoms with E-state index in [1.807, 2.05) is 11.8 Å². The number of benzene rings is 1. The molecule has 13 heavy (non-hydrogen) atoms. The monoisotopic (exact) mass is 258 g/mol. The largest absolute Gasteiger partial charge is 0.115 e. The minimum Gasteiger partial charge on any atom is -0.115 e. The molecule has 0 atom stereocenters. The Labute approximate surface area is 93.2 Å². The molecule has 0 aromatic heterocycles. The number of rotatable bonds is 4. The minimum absolute atomic E-state index is 0.972. The second-order valence-electron chi connectivity index (χ2n) is 3.09. The molecule has 0 aliphatic carbocycles. The molecule has 2 heteroatoms. The highest BCUT2D eigenvalue weighted by Crippen LogP contribution is 2.23. The quantitative estimate of drug-likeness (QED) is 0.570. The third kappa shape index (κ3) is 3.35. The Morgan fingerprint density at radius 3 is 2.69 bits per heavy atom. The van der Waals surface area contributed by atoms with Gasteiger partial charge in [-0.1, -0.05) is 35.3 Å². The van der Waals surface area contributed by atoms with Crippen molar-refractivity contribution in [1.82, 2.24) is 0 Å². The zero-order valence-electron chi connectivity index (χ0n) is 8.14. The first-order valence-electron chi connectivity index (χ1n) is 4.56. The lowest BCUT2D eigenvalue weighted by atomic mass is 10.1. The fraction of sp³-hybridized carbons (Fsp3) is 0.455. The van der Waals surface area contributed by atoms with Crippen LogP contribution >= 0.6 is 27.7 Å². The molecule has 0 spiro atoms. The van der Waals surface area contributed by atoms with E-state index in [2.05, 4.69) is 48.0 Å². The van der Waals surface area contributed by atoms with Gasteiger partial charge in [0.1, 0.15) is 0 Å². The van der Waals surface area contributed by atoms with Crippen LogP contribution in [0.5, 0.6) is 0 Å². The Hall–Kier alpha value is 0.0500. The van der Waals surface area contributed by atoms with E-state index in [0.717, 1.165) is 4.66 Å². The molecule has 0 saturated carbocycles. The van der Waals surface area contributed by atoms with Gasteiger partial charge in [0.25, 0.3) is 0 Å². The molecule has 0 radical (unpaired) electrons. The van der Waals surface area contributed by atoms with E-state index in [4.69, 9.17) is 0 Å². The molecule has 72 valence electrons. The zero-order chi connectivity index (χ0) is 9.68. The number of aryl methyl sites for hydroxylation is 2. The summed E-state index contributed by atoms with van der Waals surface area (Å²) in [6, 6.07) is 6.74. The summed E-state index contributed by atoms with van der Waals surface area (Å²) in [5, 5.41) is 0. The number of hydrogen-bond acceptors (Lipinski definition) is 1. The molecule has 0 bridgehead atoms. The third-order valence-electron chi connectivity index (χ3n) is 2.05. The van der Waals surface area contributed by atoms with Crippen LogP contribution in [0, 0.1) is 6.92 Å². The first-order valence-corrected chi connectivity index (χ1v) is 6.67. The van der Waals surface area contributed by atoms with Crippen LogP contribution in [0.15, 0.2) is 23.1 Å². The lowest BCUT2D eigenvalue weighted by Crippen LogP contribution is -1.88. The molecule has 0 aliphatic rings. The Morgan fingerprint density at radius 1 is 1.38 bits per heavy atom. The fourth-order valence-corrected chi connectivity index (χ4v) is 2.71. The van der Waals surface area contributed by atoms with E-state index in [-0.39, 0.29) is 0 Å². The molecule has 1 aromatic rings. The molecule has 0 nitrogen and oxygen atoms in total. The van der Waals surface area contributed by atoms with Crippen LogP contribution in [0.4, 0.5) is 0 Å². The highest BCUT2D eigenvalue weighted by atomic mass is 79.9. The van der Waals surface area contributed by atoms with Crippen molar-refractivity contribution in [3.05, 3.63) is 29.3 Å². The molecule has 1 rings (SSSR count). The molecule has 0 unspecified atom stereocenters. The Bertz CT molecular complexity index is 271. The molecule has 0 saturated heterocycles. The molecular weight excluding hydrogens is 244 g/mol. The normalized spacial score (nSPS) is 10.4. The van der Waals surface area contributed by atoms with Gasteiger partial charge in [-0.3, -0.25) is 0 Å². The van der Waals surface area contributed by atoms with Gasteiger partial charge in [-0.25, -0.2) is 0 Å². The van der Waals surface area contributed by atoms with Crippen molar-refractivity contribution in [1.29, 1.82) is 0 Å². The Morgan fingerprint density at radius 2 is 2.15 bits per heavy atom. The van der Waals surface area contributed by atoms with Crippen LogP contribution in [0.2, 0.25) is 0 Å². The third-order valence-corrected chi connectivity index (χ3v) is 3.44. The highest BCUT2D eigenvalue weighted by Gasteiger charge is 1.98. The first kappa shape index (κ1) is 11.1.